The highest BCUT2D eigenvalue weighted by atomic mass is 32.3. The highest BCUT2D eigenvalue weighted by molar-refractivity contribution is 8.09. The standard InChI is InChI=1S/C4H8O4S2/c1-3-10(7,8)4-9(2,5)6/h3H,1,4H2,2H3. The Labute approximate surface area is 60.4 Å². The fourth-order valence-corrected chi connectivity index (χ4v) is 3.12. The van der Waals surface area contributed by atoms with E-state index < -0.39 is 24.8 Å². The van der Waals surface area contributed by atoms with E-state index in [9.17, 15) is 16.8 Å². The Kier molecular flexibility index (Phi) is 2.61. The second-order valence-electron chi connectivity index (χ2n) is 1.87. The normalized spacial score (nSPS) is 12.9. The predicted octanol–water partition coefficient (Wildman–Crippen LogP) is -0.453. The number of hydrogen-bond donors (Lipinski definition) is 0. The molecule has 0 bridgehead atoms. The monoisotopic (exact) mass is 184 g/mol. The van der Waals surface area contributed by atoms with Crippen LogP contribution in [0.15, 0.2) is 12.0 Å². The zero-order valence-corrected chi connectivity index (χ0v) is 7.07. The largest absolute Gasteiger partial charge is 0.228 e. The van der Waals surface area contributed by atoms with Crippen LogP contribution in [0.25, 0.3) is 0 Å². The van der Waals surface area contributed by atoms with Crippen molar-refractivity contribution in [2.45, 2.75) is 0 Å². The zero-order chi connectivity index (χ0) is 8.41. The molecule has 0 aliphatic heterocycles. The third-order valence-corrected chi connectivity index (χ3v) is 4.17. The SMILES string of the molecule is C=CS(=O)(=O)CS(C)(=O)=O. The van der Waals surface area contributed by atoms with E-state index in [-0.39, 0.29) is 0 Å². The van der Waals surface area contributed by atoms with Gasteiger partial charge in [-0.3, -0.25) is 0 Å². The maximum Gasteiger partial charge on any atom is 0.185 e. The van der Waals surface area contributed by atoms with Crippen molar-refractivity contribution in [3.63, 3.8) is 0 Å². The zero-order valence-electron chi connectivity index (χ0n) is 5.44. The van der Waals surface area contributed by atoms with Gasteiger partial charge >= 0.3 is 0 Å². The molecule has 0 atom stereocenters. The van der Waals surface area contributed by atoms with Crippen LogP contribution >= 0.6 is 0 Å². The summed E-state index contributed by atoms with van der Waals surface area (Å²) < 4.78 is 41.8. The number of rotatable bonds is 3. The van der Waals surface area contributed by atoms with Crippen LogP contribution in [-0.2, 0) is 19.7 Å². The Morgan fingerprint density at radius 1 is 1.30 bits per heavy atom. The average molecular weight is 184 g/mol. The molecule has 0 unspecified atom stereocenters. The topological polar surface area (TPSA) is 68.3 Å². The maximum absolute atomic E-state index is 10.5. The van der Waals surface area contributed by atoms with Crippen LogP contribution in [0.3, 0.4) is 0 Å². The molecule has 10 heavy (non-hydrogen) atoms. The summed E-state index contributed by atoms with van der Waals surface area (Å²) in [6.45, 7) is 2.96. The number of sulfone groups is 2. The van der Waals surface area contributed by atoms with Gasteiger partial charge in [0.15, 0.2) is 24.8 Å². The van der Waals surface area contributed by atoms with Crippen LogP contribution in [0.1, 0.15) is 0 Å². The Hall–Kier alpha value is -0.360. The van der Waals surface area contributed by atoms with Gasteiger partial charge in [-0.15, -0.1) is 0 Å². The van der Waals surface area contributed by atoms with Crippen LogP contribution in [0.2, 0.25) is 0 Å². The first-order chi connectivity index (χ1) is 4.27. The van der Waals surface area contributed by atoms with E-state index in [1.807, 2.05) is 0 Å². The Morgan fingerprint density at radius 2 is 1.70 bits per heavy atom. The van der Waals surface area contributed by atoms with Gasteiger partial charge in [-0.05, 0) is 0 Å². The average Bonchev–Trinajstić information content (AvgIpc) is 1.60. The molecule has 0 amide bonds. The van der Waals surface area contributed by atoms with Gasteiger partial charge in [-0.25, -0.2) is 16.8 Å². The van der Waals surface area contributed by atoms with Crippen LogP contribution in [0, 0.1) is 0 Å². The molecule has 6 heteroatoms. The van der Waals surface area contributed by atoms with Gasteiger partial charge in [0.2, 0.25) is 0 Å². The van der Waals surface area contributed by atoms with E-state index in [1.165, 1.54) is 0 Å². The number of hydrogen-bond acceptors (Lipinski definition) is 4. The summed E-state index contributed by atoms with van der Waals surface area (Å²) in [6, 6.07) is 0. The third-order valence-electron chi connectivity index (χ3n) is 0.632. The molecule has 0 aliphatic rings. The lowest BCUT2D eigenvalue weighted by atomic mass is 11.3. The molecule has 0 aliphatic carbocycles. The first-order valence-electron chi connectivity index (χ1n) is 2.30. The highest BCUT2D eigenvalue weighted by Crippen LogP contribution is 1.95. The molecule has 0 aromatic rings. The van der Waals surface area contributed by atoms with Crippen molar-refractivity contribution in [3.8, 4) is 0 Å². The van der Waals surface area contributed by atoms with E-state index in [4.69, 9.17) is 0 Å². The van der Waals surface area contributed by atoms with E-state index >= 15 is 0 Å². The van der Waals surface area contributed by atoms with Crippen LogP contribution in [0.4, 0.5) is 0 Å². The van der Waals surface area contributed by atoms with E-state index in [1.54, 1.807) is 0 Å². The Balaban J connectivity index is 4.65. The lowest BCUT2D eigenvalue weighted by Gasteiger charge is -1.93. The first-order valence-corrected chi connectivity index (χ1v) is 6.07. The molecule has 0 saturated heterocycles. The second kappa shape index (κ2) is 2.71. The molecule has 0 rings (SSSR count). The van der Waals surface area contributed by atoms with Crippen LogP contribution in [-0.4, -0.2) is 28.2 Å². The minimum Gasteiger partial charge on any atom is -0.228 e. The minimum absolute atomic E-state index is 0.633. The van der Waals surface area contributed by atoms with Gasteiger partial charge in [0.1, 0.15) is 0 Å². The molecule has 0 aromatic carbocycles. The van der Waals surface area contributed by atoms with Gasteiger partial charge in [0.25, 0.3) is 0 Å². The summed E-state index contributed by atoms with van der Waals surface area (Å²) in [7, 11) is -7.05. The molecular weight excluding hydrogens is 176 g/mol. The summed E-state index contributed by atoms with van der Waals surface area (Å²) >= 11 is 0. The fourth-order valence-electron chi connectivity index (χ4n) is 0.347. The molecule has 60 valence electrons. The van der Waals surface area contributed by atoms with E-state index in [0.717, 1.165) is 6.26 Å². The van der Waals surface area contributed by atoms with Gasteiger partial charge in [-0.2, -0.15) is 0 Å². The lowest BCUT2D eigenvalue weighted by Crippen LogP contribution is -2.11. The molecule has 0 radical (unpaired) electrons. The highest BCUT2D eigenvalue weighted by Gasteiger charge is 2.13. The van der Waals surface area contributed by atoms with Gasteiger partial charge < -0.3 is 0 Å². The summed E-state index contributed by atoms with van der Waals surface area (Å²) in [6.07, 6.45) is 0.855. The van der Waals surface area contributed by atoms with Crippen LogP contribution in [0.5, 0.6) is 0 Å². The van der Waals surface area contributed by atoms with Crippen molar-refractivity contribution in [1.82, 2.24) is 0 Å². The van der Waals surface area contributed by atoms with Crippen molar-refractivity contribution in [2.24, 2.45) is 0 Å². The van der Waals surface area contributed by atoms with Gasteiger partial charge in [-0.1, -0.05) is 6.58 Å². The second-order valence-corrected chi connectivity index (χ2v) is 6.33. The molecular formula is C4H8O4S2. The summed E-state index contributed by atoms with van der Waals surface area (Å²) in [5.41, 5.74) is 0. The maximum atomic E-state index is 10.5. The Bertz CT molecular complexity index is 307. The summed E-state index contributed by atoms with van der Waals surface area (Å²) in [5, 5.41) is -0.225. The molecule has 0 N–H and O–H groups in total. The van der Waals surface area contributed by atoms with Gasteiger partial charge in [0.05, 0.1) is 0 Å². The molecule has 4 nitrogen and oxygen atoms in total. The molecule has 0 fully saturated rings. The van der Waals surface area contributed by atoms with Crippen molar-refractivity contribution in [2.75, 3.05) is 11.3 Å². The third kappa shape index (κ3) is 4.51. The van der Waals surface area contributed by atoms with Crippen LogP contribution < -0.4 is 0 Å². The smallest absolute Gasteiger partial charge is 0.185 e. The van der Waals surface area contributed by atoms with E-state index in [0.29, 0.717) is 5.41 Å². The van der Waals surface area contributed by atoms with Crippen molar-refractivity contribution in [1.29, 1.82) is 0 Å². The molecule has 0 spiro atoms. The van der Waals surface area contributed by atoms with Crippen molar-refractivity contribution >= 4 is 19.7 Å². The molecule has 0 saturated carbocycles. The first kappa shape index (κ1) is 9.64. The Morgan fingerprint density at radius 3 is 1.80 bits per heavy atom. The van der Waals surface area contributed by atoms with E-state index in [2.05, 4.69) is 6.58 Å². The summed E-state index contributed by atoms with van der Waals surface area (Å²) in [4.78, 5) is 0. The lowest BCUT2D eigenvalue weighted by molar-refractivity contribution is 0.596. The van der Waals surface area contributed by atoms with Crippen molar-refractivity contribution < 1.29 is 16.8 Å². The predicted molar refractivity (Wildman–Crippen MR) is 38.8 cm³/mol. The molecule has 0 aromatic heterocycles. The molecule has 0 heterocycles. The minimum atomic E-state index is -3.60. The van der Waals surface area contributed by atoms with Crippen molar-refractivity contribution in [3.05, 3.63) is 12.0 Å². The quantitative estimate of drug-likeness (QED) is 0.595. The summed E-state index contributed by atoms with van der Waals surface area (Å²) in [5.74, 6) is 0. The fraction of sp³-hybridized carbons (Fsp3) is 0.500. The van der Waals surface area contributed by atoms with Gasteiger partial charge in [0, 0.05) is 11.7 Å².